The summed E-state index contributed by atoms with van der Waals surface area (Å²) in [6, 6.07) is 8.18. The van der Waals surface area contributed by atoms with E-state index in [4.69, 9.17) is 0 Å². The van der Waals surface area contributed by atoms with Crippen molar-refractivity contribution in [3.05, 3.63) is 53.2 Å². The van der Waals surface area contributed by atoms with E-state index < -0.39 is 0 Å². The molecule has 1 N–H and O–H groups in total. The van der Waals surface area contributed by atoms with Crippen molar-refractivity contribution in [2.45, 2.75) is 33.1 Å². The number of nitrogens with one attached hydrogen (secondary N) is 1. The van der Waals surface area contributed by atoms with Gasteiger partial charge in [0.05, 0.1) is 0 Å². The quantitative estimate of drug-likeness (QED) is 0.891. The fourth-order valence-electron chi connectivity index (χ4n) is 3.13. The van der Waals surface area contributed by atoms with Gasteiger partial charge in [0.15, 0.2) is 0 Å². The Hall–Kier alpha value is -2.50. The topological polar surface area (TPSA) is 58.1 Å². The fraction of sp³-hybridized carbons (Fsp3) is 0.450. The van der Waals surface area contributed by atoms with E-state index in [2.05, 4.69) is 22.2 Å². The van der Waals surface area contributed by atoms with E-state index in [9.17, 15) is 9.18 Å². The van der Waals surface area contributed by atoms with Crippen LogP contribution in [0.2, 0.25) is 0 Å². The third-order valence-electron chi connectivity index (χ3n) is 4.76. The minimum Gasteiger partial charge on any atom is -0.370 e. The zero-order chi connectivity index (χ0) is 18.5. The van der Waals surface area contributed by atoms with E-state index in [0.29, 0.717) is 29.8 Å². The summed E-state index contributed by atoms with van der Waals surface area (Å²) in [6.45, 7) is 6.24. The molecule has 3 rings (SSSR count). The number of anilines is 1. The Balaban J connectivity index is 1.61. The van der Waals surface area contributed by atoms with Crippen molar-refractivity contribution in [2.24, 2.45) is 5.92 Å². The van der Waals surface area contributed by atoms with Crippen molar-refractivity contribution < 1.29 is 9.18 Å². The van der Waals surface area contributed by atoms with Gasteiger partial charge in [-0.1, -0.05) is 19.1 Å². The number of amides is 1. The number of hydrogen-bond acceptors (Lipinski definition) is 4. The molecule has 0 aliphatic carbocycles. The molecular formula is C20H25FN4O. The van der Waals surface area contributed by atoms with E-state index in [-0.39, 0.29) is 11.7 Å². The van der Waals surface area contributed by atoms with E-state index in [1.54, 1.807) is 25.1 Å². The minimum atomic E-state index is -0.233. The van der Waals surface area contributed by atoms with Crippen molar-refractivity contribution in [1.29, 1.82) is 0 Å². The first kappa shape index (κ1) is 18.3. The summed E-state index contributed by atoms with van der Waals surface area (Å²) in [4.78, 5) is 23.3. The van der Waals surface area contributed by atoms with Crippen LogP contribution in [0.15, 0.2) is 30.3 Å². The third kappa shape index (κ3) is 4.77. The molecule has 1 aliphatic rings. The van der Waals surface area contributed by atoms with E-state index in [0.717, 1.165) is 37.9 Å². The Morgan fingerprint density at radius 3 is 2.62 bits per heavy atom. The molecule has 0 saturated carbocycles. The van der Waals surface area contributed by atoms with Gasteiger partial charge in [-0.25, -0.2) is 14.4 Å². The number of aryl methyl sites for hydroxylation is 1. The lowest BCUT2D eigenvalue weighted by Crippen LogP contribution is -2.38. The zero-order valence-electron chi connectivity index (χ0n) is 15.3. The molecule has 1 fully saturated rings. The zero-order valence-corrected chi connectivity index (χ0v) is 15.3. The van der Waals surface area contributed by atoms with Crippen molar-refractivity contribution in [1.82, 2.24) is 14.9 Å². The number of hydrogen-bond donors (Lipinski definition) is 1. The number of rotatable bonds is 5. The Labute approximate surface area is 153 Å². The van der Waals surface area contributed by atoms with Gasteiger partial charge in [-0.15, -0.1) is 0 Å². The molecule has 138 valence electrons. The Bertz CT molecular complexity index is 755. The van der Waals surface area contributed by atoms with Crippen molar-refractivity contribution in [2.75, 3.05) is 25.0 Å². The Kier molecular flexibility index (Phi) is 5.81. The van der Waals surface area contributed by atoms with Crippen LogP contribution in [0.5, 0.6) is 0 Å². The number of halogens is 1. The summed E-state index contributed by atoms with van der Waals surface area (Å²) in [6.07, 6.45) is 2.83. The van der Waals surface area contributed by atoms with E-state index in [1.165, 1.54) is 12.1 Å². The molecule has 1 saturated heterocycles. The highest BCUT2D eigenvalue weighted by atomic mass is 19.1. The van der Waals surface area contributed by atoms with Crippen LogP contribution in [-0.2, 0) is 6.42 Å². The molecule has 1 aromatic carbocycles. The van der Waals surface area contributed by atoms with Crippen LogP contribution in [0.25, 0.3) is 0 Å². The SMILES string of the molecule is Cc1nc(NCCc2ccc(F)cc2)cc(C(=O)N2CCC(C)CC2)n1. The summed E-state index contributed by atoms with van der Waals surface area (Å²) < 4.78 is 12.9. The van der Waals surface area contributed by atoms with Gasteiger partial charge in [-0.3, -0.25) is 4.79 Å². The molecule has 0 bridgehead atoms. The normalized spacial score (nSPS) is 15.1. The molecule has 0 atom stereocenters. The molecular weight excluding hydrogens is 331 g/mol. The number of aromatic nitrogens is 2. The summed E-state index contributed by atoms with van der Waals surface area (Å²) in [5.41, 5.74) is 1.49. The van der Waals surface area contributed by atoms with Gasteiger partial charge < -0.3 is 10.2 Å². The highest BCUT2D eigenvalue weighted by Crippen LogP contribution is 2.18. The molecule has 0 radical (unpaired) electrons. The van der Waals surface area contributed by atoms with Gasteiger partial charge in [0.25, 0.3) is 5.91 Å². The maximum Gasteiger partial charge on any atom is 0.272 e. The van der Waals surface area contributed by atoms with Gasteiger partial charge in [0, 0.05) is 25.7 Å². The van der Waals surface area contributed by atoms with Gasteiger partial charge in [-0.2, -0.15) is 0 Å². The van der Waals surface area contributed by atoms with Gasteiger partial charge in [0.2, 0.25) is 0 Å². The number of likely N-dealkylation sites (tertiary alicyclic amines) is 1. The van der Waals surface area contributed by atoms with Crippen LogP contribution < -0.4 is 5.32 Å². The Morgan fingerprint density at radius 1 is 1.23 bits per heavy atom. The maximum absolute atomic E-state index is 12.9. The first-order valence-corrected chi connectivity index (χ1v) is 9.14. The first-order chi connectivity index (χ1) is 12.5. The van der Waals surface area contributed by atoms with Crippen molar-refractivity contribution in [3.8, 4) is 0 Å². The first-order valence-electron chi connectivity index (χ1n) is 9.14. The van der Waals surface area contributed by atoms with Gasteiger partial charge in [-0.05, 0) is 49.8 Å². The fourth-order valence-corrected chi connectivity index (χ4v) is 3.13. The van der Waals surface area contributed by atoms with Crippen LogP contribution in [0.4, 0.5) is 10.2 Å². The largest absolute Gasteiger partial charge is 0.370 e. The third-order valence-corrected chi connectivity index (χ3v) is 4.76. The summed E-state index contributed by atoms with van der Waals surface area (Å²) in [5.74, 6) is 1.64. The lowest BCUT2D eigenvalue weighted by atomic mass is 9.99. The lowest BCUT2D eigenvalue weighted by molar-refractivity contribution is 0.0691. The molecule has 1 amide bonds. The molecule has 2 aromatic rings. The standard InChI is InChI=1S/C20H25FN4O/c1-14-8-11-25(12-9-14)20(26)18-13-19(24-15(2)23-18)22-10-7-16-3-5-17(21)6-4-16/h3-6,13-14H,7-12H2,1-2H3,(H,22,23,24). The van der Waals surface area contributed by atoms with E-state index >= 15 is 0 Å². The number of carbonyl (C=O) groups excluding carboxylic acids is 1. The highest BCUT2D eigenvalue weighted by Gasteiger charge is 2.23. The average Bonchev–Trinajstić information content (AvgIpc) is 2.63. The second-order valence-electron chi connectivity index (χ2n) is 6.96. The van der Waals surface area contributed by atoms with Gasteiger partial charge >= 0.3 is 0 Å². The molecule has 26 heavy (non-hydrogen) atoms. The molecule has 5 nitrogen and oxygen atoms in total. The van der Waals surface area contributed by atoms with Crippen molar-refractivity contribution >= 4 is 11.7 Å². The molecule has 1 aliphatic heterocycles. The van der Waals surface area contributed by atoms with Gasteiger partial charge in [0.1, 0.15) is 23.2 Å². The smallest absolute Gasteiger partial charge is 0.272 e. The molecule has 2 heterocycles. The molecule has 6 heteroatoms. The Morgan fingerprint density at radius 2 is 1.92 bits per heavy atom. The maximum atomic E-state index is 12.9. The molecule has 0 unspecified atom stereocenters. The van der Waals surface area contributed by atoms with Crippen LogP contribution in [0.3, 0.4) is 0 Å². The van der Waals surface area contributed by atoms with Crippen molar-refractivity contribution in [3.63, 3.8) is 0 Å². The monoisotopic (exact) mass is 356 g/mol. The number of nitrogens with zero attached hydrogens (tertiary/aromatic N) is 3. The van der Waals surface area contributed by atoms with Crippen LogP contribution in [0.1, 0.15) is 41.6 Å². The predicted molar refractivity (Wildman–Crippen MR) is 99.7 cm³/mol. The summed E-state index contributed by atoms with van der Waals surface area (Å²) >= 11 is 0. The minimum absolute atomic E-state index is 0.0241. The number of benzene rings is 1. The summed E-state index contributed by atoms with van der Waals surface area (Å²) in [5, 5.41) is 3.24. The number of carbonyl (C=O) groups is 1. The molecule has 1 aromatic heterocycles. The second-order valence-corrected chi connectivity index (χ2v) is 6.96. The van der Waals surface area contributed by atoms with E-state index in [1.807, 2.05) is 4.90 Å². The lowest BCUT2D eigenvalue weighted by Gasteiger charge is -2.30. The predicted octanol–water partition coefficient (Wildman–Crippen LogP) is 3.45. The van der Waals surface area contributed by atoms with Crippen LogP contribution in [0, 0.1) is 18.7 Å². The second kappa shape index (κ2) is 8.25. The highest BCUT2D eigenvalue weighted by molar-refractivity contribution is 5.93. The van der Waals surface area contributed by atoms with Crippen LogP contribution >= 0.6 is 0 Å². The molecule has 0 spiro atoms. The number of piperidine rings is 1. The average molecular weight is 356 g/mol. The summed E-state index contributed by atoms with van der Waals surface area (Å²) in [7, 11) is 0. The van der Waals surface area contributed by atoms with Crippen LogP contribution in [-0.4, -0.2) is 40.4 Å².